The van der Waals surface area contributed by atoms with Gasteiger partial charge in [-0.15, -0.1) is 0 Å². The van der Waals surface area contributed by atoms with Crippen LogP contribution in [0.3, 0.4) is 0 Å². The summed E-state index contributed by atoms with van der Waals surface area (Å²) in [4.78, 5) is 0. The van der Waals surface area contributed by atoms with Crippen molar-refractivity contribution in [1.82, 2.24) is 9.13 Å². The summed E-state index contributed by atoms with van der Waals surface area (Å²) in [5, 5.41) is 5.20. The molecule has 0 aliphatic carbocycles. The second-order valence-electron chi connectivity index (χ2n) is 14.7. The lowest BCUT2D eigenvalue weighted by Crippen LogP contribution is -2.15. The van der Waals surface area contributed by atoms with Crippen LogP contribution >= 0.6 is 0 Å². The van der Waals surface area contributed by atoms with Crippen molar-refractivity contribution >= 4 is 43.6 Å². The highest BCUT2D eigenvalue weighted by molar-refractivity contribution is 6.10. The summed E-state index contributed by atoms with van der Waals surface area (Å²) in [6.45, 7) is 14.0. The Morgan fingerprint density at radius 3 is 1.42 bits per heavy atom. The first-order chi connectivity index (χ1) is 23.2. The van der Waals surface area contributed by atoms with Gasteiger partial charge in [-0.2, -0.15) is 0 Å². The summed E-state index contributed by atoms with van der Waals surface area (Å²) in [5.41, 5.74) is 12.7. The molecule has 0 aliphatic heterocycles. The Morgan fingerprint density at radius 1 is 0.396 bits per heavy atom. The highest BCUT2D eigenvalue weighted by Gasteiger charge is 2.23. The Kier molecular flexibility index (Phi) is 7.11. The molecule has 2 aromatic heterocycles. The number of nitrogens with zero attached hydrogens (tertiary/aromatic N) is 2. The molecule has 6 aromatic carbocycles. The molecule has 238 valence electrons. The fourth-order valence-corrected chi connectivity index (χ4v) is 7.40. The van der Waals surface area contributed by atoms with Crippen molar-refractivity contribution in [1.29, 1.82) is 0 Å². The van der Waals surface area contributed by atoms with Crippen LogP contribution in [0.4, 0.5) is 0 Å². The van der Waals surface area contributed by atoms with Crippen molar-refractivity contribution in [3.05, 3.63) is 145 Å². The first kappa shape index (κ1) is 30.3. The average molecular weight is 625 g/mol. The monoisotopic (exact) mass is 624 g/mol. The zero-order chi connectivity index (χ0) is 33.2. The molecule has 0 spiro atoms. The van der Waals surface area contributed by atoms with Gasteiger partial charge in [-0.05, 0) is 101 Å². The van der Waals surface area contributed by atoms with Gasteiger partial charge in [0, 0.05) is 32.9 Å². The molecule has 0 unspecified atom stereocenters. The van der Waals surface area contributed by atoms with Crippen LogP contribution in [-0.2, 0) is 10.8 Å². The maximum atomic E-state index is 2.49. The molecular formula is C46H44N2. The number of rotatable bonds is 7. The smallest absolute Gasteiger partial charge is 0.0544 e. The SMILES string of the molecule is CCC(C)(C)c1ccc2c(c1)c1ccc(C(C)(C)CC)cc1n2-c1cccc(-c2cccc(-n3c4ccccc4c4ccccc43)c2)c1. The number of para-hydroxylation sites is 2. The van der Waals surface area contributed by atoms with Gasteiger partial charge in [-0.1, -0.05) is 120 Å². The molecule has 0 saturated heterocycles. The van der Waals surface area contributed by atoms with Crippen molar-refractivity contribution in [3.63, 3.8) is 0 Å². The third-order valence-corrected chi connectivity index (χ3v) is 11.2. The van der Waals surface area contributed by atoms with Crippen LogP contribution in [0.2, 0.25) is 0 Å². The molecule has 8 rings (SSSR count). The third-order valence-electron chi connectivity index (χ3n) is 11.2. The molecule has 2 nitrogen and oxygen atoms in total. The molecule has 2 heterocycles. The molecular weight excluding hydrogens is 581 g/mol. The first-order valence-electron chi connectivity index (χ1n) is 17.5. The van der Waals surface area contributed by atoms with E-state index in [1.165, 1.54) is 77.2 Å². The number of fused-ring (bicyclic) bond motifs is 6. The minimum Gasteiger partial charge on any atom is -0.309 e. The van der Waals surface area contributed by atoms with Crippen molar-refractivity contribution in [2.24, 2.45) is 0 Å². The van der Waals surface area contributed by atoms with Gasteiger partial charge in [0.15, 0.2) is 0 Å². The highest BCUT2D eigenvalue weighted by Crippen LogP contribution is 2.40. The van der Waals surface area contributed by atoms with Gasteiger partial charge in [-0.25, -0.2) is 0 Å². The number of hydrogen-bond acceptors (Lipinski definition) is 0. The molecule has 2 heteroatoms. The summed E-state index contributed by atoms with van der Waals surface area (Å²) in [7, 11) is 0. The Balaban J connectivity index is 1.32. The maximum absolute atomic E-state index is 2.49. The Labute approximate surface area is 284 Å². The van der Waals surface area contributed by atoms with Crippen LogP contribution in [0.5, 0.6) is 0 Å². The van der Waals surface area contributed by atoms with Crippen LogP contribution in [0.25, 0.3) is 66.1 Å². The van der Waals surface area contributed by atoms with E-state index in [0.717, 1.165) is 12.8 Å². The van der Waals surface area contributed by atoms with E-state index >= 15 is 0 Å². The fraction of sp³-hybridized carbons (Fsp3) is 0.217. The quantitative estimate of drug-likeness (QED) is 0.167. The molecule has 0 radical (unpaired) electrons. The lowest BCUT2D eigenvalue weighted by Gasteiger charge is -2.23. The molecule has 0 aliphatic rings. The van der Waals surface area contributed by atoms with Crippen molar-refractivity contribution < 1.29 is 0 Å². The Morgan fingerprint density at radius 2 is 0.854 bits per heavy atom. The molecule has 0 atom stereocenters. The fourth-order valence-electron chi connectivity index (χ4n) is 7.40. The number of hydrogen-bond donors (Lipinski definition) is 0. The largest absolute Gasteiger partial charge is 0.309 e. The predicted octanol–water partition coefficient (Wildman–Crippen LogP) is 12.9. The lowest BCUT2D eigenvalue weighted by atomic mass is 9.81. The third kappa shape index (κ3) is 4.77. The summed E-state index contributed by atoms with van der Waals surface area (Å²) in [6, 6.07) is 49.8. The van der Waals surface area contributed by atoms with Gasteiger partial charge in [-0.3, -0.25) is 0 Å². The summed E-state index contributed by atoms with van der Waals surface area (Å²) in [6.07, 6.45) is 2.19. The first-order valence-corrected chi connectivity index (χ1v) is 17.5. The second-order valence-corrected chi connectivity index (χ2v) is 14.7. The van der Waals surface area contributed by atoms with E-state index in [2.05, 4.69) is 184 Å². The molecule has 0 N–H and O–H groups in total. The van der Waals surface area contributed by atoms with Crippen LogP contribution in [-0.4, -0.2) is 9.13 Å². The summed E-state index contributed by atoms with van der Waals surface area (Å²) in [5.74, 6) is 0. The van der Waals surface area contributed by atoms with Gasteiger partial charge < -0.3 is 9.13 Å². The highest BCUT2D eigenvalue weighted by atomic mass is 15.0. The Bertz CT molecular complexity index is 2430. The summed E-state index contributed by atoms with van der Waals surface area (Å²) >= 11 is 0. The van der Waals surface area contributed by atoms with E-state index in [0.29, 0.717) is 0 Å². The van der Waals surface area contributed by atoms with E-state index < -0.39 is 0 Å². The van der Waals surface area contributed by atoms with Crippen LogP contribution in [0, 0.1) is 0 Å². The standard InChI is InChI=1S/C46H44N2/c1-7-45(3,4)33-24-26-43-40(29-33)39-25-23-34(46(5,6)8-2)30-44(39)48(43)36-18-14-16-32(28-36)31-15-13-17-35(27-31)47-41-21-11-9-19-37(41)38-20-10-12-22-42(38)47/h9-30H,7-8H2,1-6H3. The van der Waals surface area contributed by atoms with Gasteiger partial charge >= 0.3 is 0 Å². The van der Waals surface area contributed by atoms with E-state index in [4.69, 9.17) is 0 Å². The van der Waals surface area contributed by atoms with Crippen molar-refractivity contribution in [2.75, 3.05) is 0 Å². The average Bonchev–Trinajstić information content (AvgIpc) is 3.64. The minimum atomic E-state index is 0.0972. The van der Waals surface area contributed by atoms with E-state index in [-0.39, 0.29) is 10.8 Å². The van der Waals surface area contributed by atoms with E-state index in [1.807, 2.05) is 0 Å². The predicted molar refractivity (Wildman–Crippen MR) is 207 cm³/mol. The van der Waals surface area contributed by atoms with Crippen molar-refractivity contribution in [2.45, 2.75) is 65.2 Å². The second kappa shape index (κ2) is 11.3. The van der Waals surface area contributed by atoms with Gasteiger partial charge in [0.25, 0.3) is 0 Å². The topological polar surface area (TPSA) is 9.86 Å². The maximum Gasteiger partial charge on any atom is 0.0544 e. The molecule has 0 bridgehead atoms. The lowest BCUT2D eigenvalue weighted by molar-refractivity contribution is 0.507. The van der Waals surface area contributed by atoms with Crippen molar-refractivity contribution in [3.8, 4) is 22.5 Å². The Hall–Kier alpha value is -5.08. The molecule has 0 amide bonds. The summed E-state index contributed by atoms with van der Waals surface area (Å²) < 4.78 is 4.89. The molecule has 48 heavy (non-hydrogen) atoms. The number of aromatic nitrogens is 2. The van der Waals surface area contributed by atoms with E-state index in [9.17, 15) is 0 Å². The van der Waals surface area contributed by atoms with Crippen LogP contribution in [0.15, 0.2) is 133 Å². The zero-order valence-corrected chi connectivity index (χ0v) is 29.0. The minimum absolute atomic E-state index is 0.0972. The van der Waals surface area contributed by atoms with Gasteiger partial charge in [0.1, 0.15) is 0 Å². The normalized spacial score (nSPS) is 12.5. The molecule has 0 saturated carbocycles. The number of benzene rings is 6. The van der Waals surface area contributed by atoms with Gasteiger partial charge in [0.05, 0.1) is 22.1 Å². The van der Waals surface area contributed by atoms with E-state index in [1.54, 1.807) is 0 Å². The van der Waals surface area contributed by atoms with Crippen LogP contribution in [0.1, 0.15) is 65.5 Å². The van der Waals surface area contributed by atoms with Crippen LogP contribution < -0.4 is 0 Å². The van der Waals surface area contributed by atoms with Gasteiger partial charge in [0.2, 0.25) is 0 Å². The molecule has 0 fully saturated rings. The molecule has 8 aromatic rings. The zero-order valence-electron chi connectivity index (χ0n) is 29.0.